The quantitative estimate of drug-likeness (QED) is 0.888. The Balaban J connectivity index is 1.76. The number of hydrogen-bond donors (Lipinski definition) is 1. The summed E-state index contributed by atoms with van der Waals surface area (Å²) in [6, 6.07) is 0.463. The molecule has 1 aromatic heterocycles. The van der Waals surface area contributed by atoms with E-state index in [9.17, 15) is 0 Å². The highest BCUT2D eigenvalue weighted by molar-refractivity contribution is 5.14. The Hall–Kier alpha value is -0.870. The van der Waals surface area contributed by atoms with Crippen molar-refractivity contribution in [3.8, 4) is 0 Å². The fraction of sp³-hybridized carbons (Fsp3) is 0.786. The average molecular weight is 249 g/mol. The predicted molar refractivity (Wildman–Crippen MR) is 70.4 cm³/mol. The lowest BCUT2D eigenvalue weighted by Crippen LogP contribution is -2.57. The van der Waals surface area contributed by atoms with Crippen molar-refractivity contribution in [3.63, 3.8) is 0 Å². The number of aromatic nitrogens is 2. The zero-order valence-electron chi connectivity index (χ0n) is 11.2. The Morgan fingerprint density at radius 1 is 1.44 bits per heavy atom. The molecule has 1 N–H and O–H groups in total. The van der Waals surface area contributed by atoms with Gasteiger partial charge in [-0.2, -0.15) is 0 Å². The van der Waals surface area contributed by atoms with Gasteiger partial charge in [-0.25, -0.2) is 4.98 Å². The van der Waals surface area contributed by atoms with E-state index in [1.807, 2.05) is 6.20 Å². The Kier molecular flexibility index (Phi) is 3.39. The zero-order valence-corrected chi connectivity index (χ0v) is 11.2. The molecule has 2 aliphatic rings. The first kappa shape index (κ1) is 12.2. The van der Waals surface area contributed by atoms with Gasteiger partial charge < -0.3 is 14.6 Å². The highest BCUT2D eigenvalue weighted by Crippen LogP contribution is 2.50. The molecule has 3 rings (SSSR count). The van der Waals surface area contributed by atoms with Crippen molar-refractivity contribution in [1.82, 2.24) is 14.9 Å². The van der Waals surface area contributed by atoms with Crippen LogP contribution in [0, 0.1) is 5.41 Å². The van der Waals surface area contributed by atoms with Gasteiger partial charge in [-0.15, -0.1) is 0 Å². The highest BCUT2D eigenvalue weighted by atomic mass is 16.5. The summed E-state index contributed by atoms with van der Waals surface area (Å²) in [4.78, 5) is 4.59. The van der Waals surface area contributed by atoms with E-state index in [2.05, 4.69) is 21.1 Å². The van der Waals surface area contributed by atoms with Gasteiger partial charge in [0.1, 0.15) is 5.82 Å². The fourth-order valence-electron chi connectivity index (χ4n) is 3.54. The van der Waals surface area contributed by atoms with E-state index in [0.717, 1.165) is 13.2 Å². The molecule has 1 aliphatic heterocycles. The maximum Gasteiger partial charge on any atom is 0.126 e. The smallest absolute Gasteiger partial charge is 0.126 e. The van der Waals surface area contributed by atoms with Crippen LogP contribution < -0.4 is 5.32 Å². The first-order chi connectivity index (χ1) is 8.86. The first-order valence-corrected chi connectivity index (χ1v) is 7.09. The molecule has 0 aromatic carbocycles. The molecule has 0 amide bonds. The maximum atomic E-state index is 5.17. The molecule has 0 bridgehead atoms. The third-order valence-corrected chi connectivity index (χ3v) is 4.66. The van der Waals surface area contributed by atoms with Crippen LogP contribution in [0.4, 0.5) is 0 Å². The van der Waals surface area contributed by atoms with E-state index in [1.165, 1.54) is 44.5 Å². The van der Waals surface area contributed by atoms with Crippen molar-refractivity contribution in [1.29, 1.82) is 0 Å². The minimum atomic E-state index is 0.463. The van der Waals surface area contributed by atoms with Crippen LogP contribution in [0.1, 0.15) is 44.0 Å². The minimum Gasteiger partial charge on any atom is -0.383 e. The van der Waals surface area contributed by atoms with Crippen molar-refractivity contribution < 1.29 is 4.74 Å². The van der Waals surface area contributed by atoms with Crippen LogP contribution in [0.15, 0.2) is 12.4 Å². The van der Waals surface area contributed by atoms with Gasteiger partial charge in [0.25, 0.3) is 0 Å². The maximum absolute atomic E-state index is 5.17. The van der Waals surface area contributed by atoms with Crippen molar-refractivity contribution >= 4 is 0 Å². The van der Waals surface area contributed by atoms with Gasteiger partial charge in [-0.3, -0.25) is 0 Å². The summed E-state index contributed by atoms with van der Waals surface area (Å²) in [6.07, 6.45) is 10.9. The Morgan fingerprint density at radius 2 is 2.28 bits per heavy atom. The molecular weight excluding hydrogens is 226 g/mol. The SMILES string of the molecule is COCCn1ccnc1C1NCC12CCCCC2. The largest absolute Gasteiger partial charge is 0.383 e. The number of nitrogens with one attached hydrogen (secondary N) is 1. The van der Waals surface area contributed by atoms with E-state index in [4.69, 9.17) is 4.74 Å². The molecule has 1 saturated heterocycles. The monoisotopic (exact) mass is 249 g/mol. The lowest BCUT2D eigenvalue weighted by atomic mass is 9.64. The van der Waals surface area contributed by atoms with Gasteiger partial charge >= 0.3 is 0 Å². The highest BCUT2D eigenvalue weighted by Gasteiger charge is 2.49. The molecule has 1 unspecified atom stereocenters. The van der Waals surface area contributed by atoms with Gasteiger partial charge in [0, 0.05) is 38.0 Å². The van der Waals surface area contributed by atoms with E-state index in [-0.39, 0.29) is 0 Å². The molecule has 1 aromatic rings. The molecule has 4 nitrogen and oxygen atoms in total. The lowest BCUT2D eigenvalue weighted by Gasteiger charge is -2.52. The number of hydrogen-bond acceptors (Lipinski definition) is 3. The van der Waals surface area contributed by atoms with E-state index in [1.54, 1.807) is 7.11 Å². The van der Waals surface area contributed by atoms with Crippen LogP contribution in [0.5, 0.6) is 0 Å². The molecule has 2 heterocycles. The van der Waals surface area contributed by atoms with Gasteiger partial charge in [-0.1, -0.05) is 19.3 Å². The molecule has 2 fully saturated rings. The number of methoxy groups -OCH3 is 1. The minimum absolute atomic E-state index is 0.463. The van der Waals surface area contributed by atoms with Crippen molar-refractivity contribution in [2.24, 2.45) is 5.41 Å². The summed E-state index contributed by atoms with van der Waals surface area (Å²) >= 11 is 0. The third-order valence-electron chi connectivity index (χ3n) is 4.66. The normalized spacial score (nSPS) is 26.2. The van der Waals surface area contributed by atoms with Crippen LogP contribution >= 0.6 is 0 Å². The van der Waals surface area contributed by atoms with Crippen molar-refractivity contribution in [2.75, 3.05) is 20.3 Å². The molecule has 1 atom stereocenters. The van der Waals surface area contributed by atoms with Crippen LogP contribution in [-0.4, -0.2) is 29.8 Å². The van der Waals surface area contributed by atoms with Gasteiger partial charge in [0.15, 0.2) is 0 Å². The molecular formula is C14H23N3O. The van der Waals surface area contributed by atoms with Crippen molar-refractivity contribution in [3.05, 3.63) is 18.2 Å². The summed E-state index contributed by atoms with van der Waals surface area (Å²) < 4.78 is 7.42. The topological polar surface area (TPSA) is 39.1 Å². The fourth-order valence-corrected chi connectivity index (χ4v) is 3.54. The van der Waals surface area contributed by atoms with Gasteiger partial charge in [-0.05, 0) is 12.8 Å². The summed E-state index contributed by atoms with van der Waals surface area (Å²) in [6.45, 7) is 2.83. The number of imidazole rings is 1. The number of nitrogens with zero attached hydrogens (tertiary/aromatic N) is 2. The average Bonchev–Trinajstić information content (AvgIpc) is 2.84. The second-order valence-electron chi connectivity index (χ2n) is 5.71. The standard InChI is InChI=1S/C14H23N3O/c1-18-10-9-17-8-7-15-13(17)12-14(11-16-12)5-3-2-4-6-14/h7-8,12,16H,2-6,9-11H2,1H3. The first-order valence-electron chi connectivity index (χ1n) is 7.09. The summed E-state index contributed by atoms with van der Waals surface area (Å²) in [5.74, 6) is 1.21. The van der Waals surface area contributed by atoms with Crippen LogP contribution in [0.2, 0.25) is 0 Å². The van der Waals surface area contributed by atoms with Gasteiger partial charge in [0.05, 0.1) is 12.6 Å². The molecule has 1 aliphatic carbocycles. The lowest BCUT2D eigenvalue weighted by molar-refractivity contribution is 0.0284. The molecule has 0 radical (unpaired) electrons. The van der Waals surface area contributed by atoms with E-state index < -0.39 is 0 Å². The second-order valence-corrected chi connectivity index (χ2v) is 5.71. The van der Waals surface area contributed by atoms with Crippen LogP contribution in [0.25, 0.3) is 0 Å². The van der Waals surface area contributed by atoms with Crippen LogP contribution in [-0.2, 0) is 11.3 Å². The molecule has 1 saturated carbocycles. The molecule has 1 spiro atoms. The summed E-state index contributed by atoms with van der Waals surface area (Å²) in [5.41, 5.74) is 0.494. The molecule has 100 valence electrons. The molecule has 18 heavy (non-hydrogen) atoms. The summed E-state index contributed by atoms with van der Waals surface area (Å²) in [7, 11) is 1.75. The van der Waals surface area contributed by atoms with E-state index in [0.29, 0.717) is 11.5 Å². The van der Waals surface area contributed by atoms with Crippen molar-refractivity contribution in [2.45, 2.75) is 44.7 Å². The van der Waals surface area contributed by atoms with Gasteiger partial charge in [0.2, 0.25) is 0 Å². The zero-order chi connectivity index (χ0) is 12.4. The Labute approximate surface area is 109 Å². The van der Waals surface area contributed by atoms with Crippen LogP contribution in [0.3, 0.4) is 0 Å². The predicted octanol–water partition coefficient (Wildman–Crippen LogP) is 2.12. The van der Waals surface area contributed by atoms with E-state index >= 15 is 0 Å². The number of ether oxygens (including phenoxy) is 1. The second kappa shape index (κ2) is 5.02. The summed E-state index contributed by atoms with van der Waals surface area (Å²) in [5, 5.41) is 3.60. The Morgan fingerprint density at radius 3 is 2.94 bits per heavy atom. The third kappa shape index (κ3) is 1.97. The molecule has 4 heteroatoms. The Bertz CT molecular complexity index is 395. The number of rotatable bonds is 4.